The van der Waals surface area contributed by atoms with Crippen LogP contribution in [0.15, 0.2) is 35.7 Å². The Morgan fingerprint density at radius 1 is 1.29 bits per heavy atom. The standard InChI is InChI=1S/C20H27N5O4S2/c1-14(2)15-4-6-17(7-5-15)25-13-21-23-20(25)30-11-19(27)24(3)10-18(26)22-16-8-9-31(28,29)12-16/h4-7,13-14,16H,8-12H2,1-3H3,(H,22,26). The number of nitrogens with zero attached hydrogens (tertiary/aromatic N) is 4. The van der Waals surface area contributed by atoms with Gasteiger partial charge in [0.05, 0.1) is 23.8 Å². The van der Waals surface area contributed by atoms with E-state index in [0.29, 0.717) is 17.5 Å². The summed E-state index contributed by atoms with van der Waals surface area (Å²) in [6.07, 6.45) is 2.01. The van der Waals surface area contributed by atoms with E-state index in [1.54, 1.807) is 13.4 Å². The number of likely N-dealkylation sites (N-methyl/N-ethyl adjacent to an activating group) is 1. The van der Waals surface area contributed by atoms with Gasteiger partial charge < -0.3 is 10.2 Å². The molecule has 31 heavy (non-hydrogen) atoms. The van der Waals surface area contributed by atoms with E-state index in [1.807, 2.05) is 16.7 Å². The third-order valence-corrected chi connectivity index (χ3v) is 7.78. The van der Waals surface area contributed by atoms with E-state index in [-0.39, 0.29) is 41.7 Å². The van der Waals surface area contributed by atoms with Crippen molar-refractivity contribution in [3.05, 3.63) is 36.2 Å². The normalized spacial score (nSPS) is 17.6. The third kappa shape index (κ3) is 6.30. The van der Waals surface area contributed by atoms with E-state index in [9.17, 15) is 18.0 Å². The molecule has 0 spiro atoms. The summed E-state index contributed by atoms with van der Waals surface area (Å²) in [6.45, 7) is 4.14. The molecule has 0 aliphatic carbocycles. The van der Waals surface area contributed by atoms with Gasteiger partial charge in [0.1, 0.15) is 6.33 Å². The van der Waals surface area contributed by atoms with Crippen molar-refractivity contribution >= 4 is 33.4 Å². The second-order valence-corrected chi connectivity index (χ2v) is 11.1. The molecule has 1 aromatic heterocycles. The third-order valence-electron chi connectivity index (χ3n) is 5.08. The van der Waals surface area contributed by atoms with Crippen LogP contribution in [0.2, 0.25) is 0 Å². The second-order valence-electron chi connectivity index (χ2n) is 7.94. The second kappa shape index (κ2) is 9.82. The average molecular weight is 466 g/mol. The van der Waals surface area contributed by atoms with Crippen molar-refractivity contribution in [2.75, 3.05) is 30.9 Å². The minimum atomic E-state index is -3.07. The number of carbonyl (C=O) groups is 2. The number of rotatable bonds is 8. The maximum absolute atomic E-state index is 12.5. The van der Waals surface area contributed by atoms with Gasteiger partial charge in [-0.15, -0.1) is 10.2 Å². The molecular formula is C20H27N5O4S2. The molecule has 1 aromatic carbocycles. The molecule has 9 nitrogen and oxygen atoms in total. The Labute approximate surface area is 186 Å². The van der Waals surface area contributed by atoms with Gasteiger partial charge in [-0.05, 0) is 30.0 Å². The average Bonchev–Trinajstić information content (AvgIpc) is 3.31. The Hall–Kier alpha value is -2.40. The summed E-state index contributed by atoms with van der Waals surface area (Å²) < 4.78 is 24.8. The Kier molecular flexibility index (Phi) is 7.37. The fraction of sp³-hybridized carbons (Fsp3) is 0.500. The lowest BCUT2D eigenvalue weighted by atomic mass is 10.0. The predicted octanol–water partition coefficient (Wildman–Crippen LogP) is 1.24. The summed E-state index contributed by atoms with van der Waals surface area (Å²) in [5, 5.41) is 11.3. The SMILES string of the molecule is CC(C)c1ccc(-n2cnnc2SCC(=O)N(C)CC(=O)NC2CCS(=O)(=O)C2)cc1. The van der Waals surface area contributed by atoms with Crippen LogP contribution in [-0.2, 0) is 19.4 Å². The number of hydrogen-bond acceptors (Lipinski definition) is 7. The van der Waals surface area contributed by atoms with Crippen molar-refractivity contribution in [3.8, 4) is 5.69 Å². The molecule has 2 amide bonds. The van der Waals surface area contributed by atoms with Gasteiger partial charge in [0.25, 0.3) is 0 Å². The van der Waals surface area contributed by atoms with Crippen molar-refractivity contribution in [1.29, 1.82) is 0 Å². The van der Waals surface area contributed by atoms with Crippen LogP contribution in [0.4, 0.5) is 0 Å². The highest BCUT2D eigenvalue weighted by atomic mass is 32.2. The molecule has 168 valence electrons. The van der Waals surface area contributed by atoms with Crippen LogP contribution in [-0.4, -0.2) is 76.8 Å². The van der Waals surface area contributed by atoms with Crippen molar-refractivity contribution in [3.63, 3.8) is 0 Å². The zero-order chi connectivity index (χ0) is 22.6. The van der Waals surface area contributed by atoms with Gasteiger partial charge in [0, 0.05) is 18.8 Å². The van der Waals surface area contributed by atoms with Crippen LogP contribution in [0.3, 0.4) is 0 Å². The van der Waals surface area contributed by atoms with Crippen LogP contribution in [0, 0.1) is 0 Å². The maximum atomic E-state index is 12.5. The van der Waals surface area contributed by atoms with Crippen LogP contribution < -0.4 is 5.32 Å². The summed E-state index contributed by atoms with van der Waals surface area (Å²) in [5.41, 5.74) is 2.14. The quantitative estimate of drug-likeness (QED) is 0.584. The molecule has 1 atom stereocenters. The van der Waals surface area contributed by atoms with Crippen LogP contribution in [0.25, 0.3) is 5.69 Å². The van der Waals surface area contributed by atoms with Gasteiger partial charge in [-0.3, -0.25) is 14.2 Å². The fourth-order valence-corrected chi connectivity index (χ4v) is 5.78. The lowest BCUT2D eigenvalue weighted by Crippen LogP contribution is -2.43. The number of sulfone groups is 1. The number of aromatic nitrogens is 3. The molecule has 0 radical (unpaired) electrons. The molecule has 1 aliphatic heterocycles. The number of carbonyl (C=O) groups excluding carboxylic acids is 2. The summed E-state index contributed by atoms with van der Waals surface area (Å²) in [7, 11) is -1.52. The van der Waals surface area contributed by atoms with Gasteiger partial charge >= 0.3 is 0 Å². The maximum Gasteiger partial charge on any atom is 0.239 e. The smallest absolute Gasteiger partial charge is 0.239 e. The fourth-order valence-electron chi connectivity index (χ4n) is 3.24. The molecule has 0 saturated carbocycles. The van der Waals surface area contributed by atoms with E-state index in [2.05, 4.69) is 41.5 Å². The largest absolute Gasteiger partial charge is 0.351 e. The zero-order valence-electron chi connectivity index (χ0n) is 17.8. The van der Waals surface area contributed by atoms with E-state index >= 15 is 0 Å². The number of hydrogen-bond donors (Lipinski definition) is 1. The monoisotopic (exact) mass is 465 g/mol. The lowest BCUT2D eigenvalue weighted by molar-refractivity contribution is -0.132. The topological polar surface area (TPSA) is 114 Å². The Balaban J connectivity index is 1.51. The van der Waals surface area contributed by atoms with Gasteiger partial charge in [-0.25, -0.2) is 8.42 Å². The highest BCUT2D eigenvalue weighted by Crippen LogP contribution is 2.22. The molecule has 1 aliphatic rings. The first kappa shape index (κ1) is 23.3. The summed E-state index contributed by atoms with van der Waals surface area (Å²) in [4.78, 5) is 25.9. The molecule has 1 saturated heterocycles. The lowest BCUT2D eigenvalue weighted by Gasteiger charge is -2.18. The van der Waals surface area contributed by atoms with Gasteiger partial charge in [-0.1, -0.05) is 37.7 Å². The Morgan fingerprint density at radius 2 is 2.00 bits per heavy atom. The van der Waals surface area contributed by atoms with Crippen molar-refractivity contribution < 1.29 is 18.0 Å². The van der Waals surface area contributed by atoms with Crippen molar-refractivity contribution in [1.82, 2.24) is 25.0 Å². The summed E-state index contributed by atoms with van der Waals surface area (Å²) in [5.74, 6) is -0.0123. The highest BCUT2D eigenvalue weighted by Gasteiger charge is 2.29. The van der Waals surface area contributed by atoms with Crippen molar-refractivity contribution in [2.45, 2.75) is 37.4 Å². The molecule has 11 heteroatoms. The molecule has 1 fully saturated rings. The van der Waals surface area contributed by atoms with Crippen LogP contribution >= 0.6 is 11.8 Å². The minimum Gasteiger partial charge on any atom is -0.351 e. The molecule has 3 rings (SSSR count). The first-order valence-corrected chi connectivity index (χ1v) is 12.8. The highest BCUT2D eigenvalue weighted by molar-refractivity contribution is 7.99. The number of thioether (sulfide) groups is 1. The Morgan fingerprint density at radius 3 is 2.61 bits per heavy atom. The molecule has 2 heterocycles. The van der Waals surface area contributed by atoms with E-state index in [1.165, 1.54) is 22.2 Å². The van der Waals surface area contributed by atoms with Crippen molar-refractivity contribution in [2.24, 2.45) is 0 Å². The van der Waals surface area contributed by atoms with Gasteiger partial charge in [-0.2, -0.15) is 0 Å². The van der Waals surface area contributed by atoms with E-state index in [4.69, 9.17) is 0 Å². The number of benzene rings is 1. The predicted molar refractivity (Wildman–Crippen MR) is 119 cm³/mol. The van der Waals surface area contributed by atoms with Gasteiger partial charge in [0.2, 0.25) is 11.8 Å². The zero-order valence-corrected chi connectivity index (χ0v) is 19.4. The molecule has 1 N–H and O–H groups in total. The van der Waals surface area contributed by atoms with Crippen LogP contribution in [0.5, 0.6) is 0 Å². The molecule has 2 aromatic rings. The van der Waals surface area contributed by atoms with Crippen LogP contribution in [0.1, 0.15) is 31.7 Å². The first-order chi connectivity index (χ1) is 14.6. The number of amides is 2. The van der Waals surface area contributed by atoms with Gasteiger partial charge in [0.15, 0.2) is 15.0 Å². The molecular weight excluding hydrogens is 438 g/mol. The minimum absolute atomic E-state index is 0.0416. The number of nitrogens with one attached hydrogen (secondary N) is 1. The summed E-state index contributed by atoms with van der Waals surface area (Å²) in [6, 6.07) is 7.72. The molecule has 0 bridgehead atoms. The summed E-state index contributed by atoms with van der Waals surface area (Å²) >= 11 is 1.24. The Bertz CT molecular complexity index is 1030. The first-order valence-electron chi connectivity index (χ1n) is 10.0. The van der Waals surface area contributed by atoms with E-state index in [0.717, 1.165) is 5.69 Å². The van der Waals surface area contributed by atoms with E-state index < -0.39 is 9.84 Å². The molecule has 1 unspecified atom stereocenters.